The summed E-state index contributed by atoms with van der Waals surface area (Å²) in [5.74, 6) is 0.0694. The Kier molecular flexibility index (Phi) is 5.31. The molecule has 3 nitrogen and oxygen atoms in total. The largest absolute Gasteiger partial charge is 0.355 e. The highest BCUT2D eigenvalue weighted by atomic mass is 32.2. The number of benzene rings is 2. The van der Waals surface area contributed by atoms with E-state index in [9.17, 15) is 4.79 Å². The lowest BCUT2D eigenvalue weighted by Gasteiger charge is -2.11. The topological polar surface area (TPSA) is 42.0 Å². The van der Waals surface area contributed by atoms with Crippen molar-refractivity contribution in [1.82, 2.24) is 10.3 Å². The Morgan fingerprint density at radius 3 is 2.70 bits per heavy atom. The van der Waals surface area contributed by atoms with Gasteiger partial charge in [0.25, 0.3) is 0 Å². The number of thiazole rings is 1. The minimum absolute atomic E-state index is 0.0694. The van der Waals surface area contributed by atoms with Gasteiger partial charge >= 0.3 is 0 Å². The smallest absolute Gasteiger partial charge is 0.233 e. The molecule has 1 heterocycles. The van der Waals surface area contributed by atoms with Crippen molar-refractivity contribution in [2.24, 2.45) is 0 Å². The number of carbonyl (C=O) groups is 1. The maximum atomic E-state index is 12.2. The van der Waals surface area contributed by atoms with E-state index in [4.69, 9.17) is 0 Å². The van der Waals surface area contributed by atoms with Gasteiger partial charge < -0.3 is 5.32 Å². The number of rotatable bonds is 6. The Labute approximate surface area is 144 Å². The number of amides is 1. The van der Waals surface area contributed by atoms with Crippen LogP contribution in [0.25, 0.3) is 10.2 Å². The third kappa shape index (κ3) is 4.33. The Morgan fingerprint density at radius 1 is 1.17 bits per heavy atom. The summed E-state index contributed by atoms with van der Waals surface area (Å²) in [6.07, 6.45) is 0.772. The van der Waals surface area contributed by atoms with Gasteiger partial charge in [-0.1, -0.05) is 30.3 Å². The molecule has 5 heteroatoms. The molecular weight excluding hydrogens is 324 g/mol. The molecule has 0 radical (unpaired) electrons. The Balaban J connectivity index is 1.48. The molecule has 0 spiro atoms. The first-order valence-electron chi connectivity index (χ1n) is 7.56. The maximum Gasteiger partial charge on any atom is 0.233 e. The summed E-state index contributed by atoms with van der Waals surface area (Å²) in [5, 5.41) is 3.96. The number of carbonyl (C=O) groups excluding carboxylic acids is 1. The van der Waals surface area contributed by atoms with Crippen LogP contribution in [0.1, 0.15) is 11.9 Å². The molecular formula is C18H18N2OS2. The summed E-state index contributed by atoms with van der Waals surface area (Å²) in [6.45, 7) is 2.56. The number of aromatic nitrogens is 1. The molecule has 1 amide bonds. The van der Waals surface area contributed by atoms with Crippen molar-refractivity contribution in [3.8, 4) is 0 Å². The predicted octanol–water partition coefficient (Wildman–Crippen LogP) is 4.14. The molecule has 1 aromatic heterocycles. The Bertz CT molecular complexity index is 753. The molecule has 0 bridgehead atoms. The van der Waals surface area contributed by atoms with E-state index in [0.29, 0.717) is 6.54 Å². The van der Waals surface area contributed by atoms with Crippen LogP contribution in [-0.2, 0) is 11.2 Å². The van der Waals surface area contributed by atoms with Gasteiger partial charge in [-0.25, -0.2) is 4.98 Å². The summed E-state index contributed by atoms with van der Waals surface area (Å²) >= 11 is 3.27. The standard InChI is InChI=1S/C18H18N2OS2/c1-13(22-14-7-3-2-4-8-14)18(21)19-12-11-17-20-15-9-5-6-10-16(15)23-17/h2-10,13H,11-12H2,1H3,(H,19,21). The zero-order valence-corrected chi connectivity index (χ0v) is 14.5. The van der Waals surface area contributed by atoms with Gasteiger partial charge in [0.15, 0.2) is 0 Å². The van der Waals surface area contributed by atoms with Gasteiger partial charge in [0, 0.05) is 17.9 Å². The fourth-order valence-electron chi connectivity index (χ4n) is 2.22. The van der Waals surface area contributed by atoms with Crippen LogP contribution in [0, 0.1) is 0 Å². The van der Waals surface area contributed by atoms with Crippen molar-refractivity contribution in [3.63, 3.8) is 0 Å². The van der Waals surface area contributed by atoms with Gasteiger partial charge in [0.1, 0.15) is 0 Å². The highest BCUT2D eigenvalue weighted by molar-refractivity contribution is 8.00. The molecule has 23 heavy (non-hydrogen) atoms. The zero-order valence-electron chi connectivity index (χ0n) is 12.9. The van der Waals surface area contributed by atoms with Crippen LogP contribution in [0.3, 0.4) is 0 Å². The zero-order chi connectivity index (χ0) is 16.1. The second kappa shape index (κ2) is 7.62. The first-order chi connectivity index (χ1) is 11.2. The molecule has 1 N–H and O–H groups in total. The fraction of sp³-hybridized carbons (Fsp3) is 0.222. The highest BCUT2D eigenvalue weighted by Crippen LogP contribution is 2.23. The molecule has 2 aromatic carbocycles. The second-order valence-electron chi connectivity index (χ2n) is 5.19. The van der Waals surface area contributed by atoms with Gasteiger partial charge in [-0.15, -0.1) is 23.1 Å². The lowest BCUT2D eigenvalue weighted by Crippen LogP contribution is -2.32. The van der Waals surface area contributed by atoms with Crippen molar-refractivity contribution in [2.75, 3.05) is 6.54 Å². The SMILES string of the molecule is CC(Sc1ccccc1)C(=O)NCCc1nc2ccccc2s1. The maximum absolute atomic E-state index is 12.2. The van der Waals surface area contributed by atoms with Crippen molar-refractivity contribution in [1.29, 1.82) is 0 Å². The van der Waals surface area contributed by atoms with Crippen LogP contribution in [-0.4, -0.2) is 22.7 Å². The molecule has 0 aliphatic carbocycles. The normalized spacial score (nSPS) is 12.2. The fourth-order valence-corrected chi connectivity index (χ4v) is 4.10. The van der Waals surface area contributed by atoms with Crippen molar-refractivity contribution < 1.29 is 4.79 Å². The molecule has 1 unspecified atom stereocenters. The van der Waals surface area contributed by atoms with Gasteiger partial charge in [0.05, 0.1) is 20.5 Å². The summed E-state index contributed by atoms with van der Waals surface area (Å²) in [6, 6.07) is 18.1. The number of hydrogen-bond donors (Lipinski definition) is 1. The molecule has 0 saturated carbocycles. The molecule has 118 valence electrons. The van der Waals surface area contributed by atoms with Crippen LogP contribution in [0.15, 0.2) is 59.5 Å². The summed E-state index contributed by atoms with van der Waals surface area (Å²) in [7, 11) is 0. The Hall–Kier alpha value is -1.85. The lowest BCUT2D eigenvalue weighted by atomic mass is 10.3. The van der Waals surface area contributed by atoms with E-state index in [2.05, 4.69) is 16.4 Å². The van der Waals surface area contributed by atoms with Crippen LogP contribution >= 0.6 is 23.1 Å². The first kappa shape index (κ1) is 16.0. The summed E-state index contributed by atoms with van der Waals surface area (Å²) in [5.41, 5.74) is 1.03. The van der Waals surface area contributed by atoms with Crippen LogP contribution in [0.4, 0.5) is 0 Å². The van der Waals surface area contributed by atoms with Gasteiger partial charge in [-0.3, -0.25) is 4.79 Å². The molecule has 0 saturated heterocycles. The molecule has 0 aliphatic rings. The van der Waals surface area contributed by atoms with Crippen molar-refractivity contribution >= 4 is 39.2 Å². The van der Waals surface area contributed by atoms with Crippen LogP contribution in [0.5, 0.6) is 0 Å². The van der Waals surface area contributed by atoms with Crippen molar-refractivity contribution in [2.45, 2.75) is 23.5 Å². The predicted molar refractivity (Wildman–Crippen MR) is 98.1 cm³/mol. The molecule has 0 aliphatic heterocycles. The van der Waals surface area contributed by atoms with Crippen LogP contribution < -0.4 is 5.32 Å². The lowest BCUT2D eigenvalue weighted by molar-refractivity contribution is -0.120. The second-order valence-corrected chi connectivity index (χ2v) is 7.72. The number of thioether (sulfide) groups is 1. The number of para-hydroxylation sites is 1. The summed E-state index contributed by atoms with van der Waals surface area (Å²) < 4.78 is 1.20. The van der Waals surface area contributed by atoms with E-state index in [1.54, 1.807) is 23.1 Å². The molecule has 0 fully saturated rings. The van der Waals surface area contributed by atoms with Gasteiger partial charge in [-0.2, -0.15) is 0 Å². The quantitative estimate of drug-likeness (QED) is 0.685. The third-order valence-corrected chi connectivity index (χ3v) is 5.61. The van der Waals surface area contributed by atoms with Gasteiger partial charge in [-0.05, 0) is 31.2 Å². The number of fused-ring (bicyclic) bond motifs is 1. The average molecular weight is 342 g/mol. The number of nitrogens with zero attached hydrogens (tertiary/aromatic N) is 1. The monoisotopic (exact) mass is 342 g/mol. The van der Waals surface area contributed by atoms with E-state index >= 15 is 0 Å². The molecule has 1 atom stereocenters. The minimum Gasteiger partial charge on any atom is -0.355 e. The van der Waals surface area contributed by atoms with E-state index in [1.807, 2.05) is 55.5 Å². The van der Waals surface area contributed by atoms with Crippen molar-refractivity contribution in [3.05, 3.63) is 59.6 Å². The van der Waals surface area contributed by atoms with E-state index in [-0.39, 0.29) is 11.2 Å². The number of hydrogen-bond acceptors (Lipinski definition) is 4. The minimum atomic E-state index is -0.104. The van der Waals surface area contributed by atoms with E-state index < -0.39 is 0 Å². The average Bonchev–Trinajstić information content (AvgIpc) is 2.98. The van der Waals surface area contributed by atoms with Gasteiger partial charge in [0.2, 0.25) is 5.91 Å². The molecule has 3 rings (SSSR count). The van der Waals surface area contributed by atoms with E-state index in [1.165, 1.54) is 4.70 Å². The molecule has 3 aromatic rings. The Morgan fingerprint density at radius 2 is 1.91 bits per heavy atom. The highest BCUT2D eigenvalue weighted by Gasteiger charge is 2.14. The van der Waals surface area contributed by atoms with E-state index in [0.717, 1.165) is 21.8 Å². The number of nitrogens with one attached hydrogen (secondary N) is 1. The summed E-state index contributed by atoms with van der Waals surface area (Å²) in [4.78, 5) is 17.9. The first-order valence-corrected chi connectivity index (χ1v) is 9.26. The third-order valence-electron chi connectivity index (χ3n) is 3.40. The van der Waals surface area contributed by atoms with Crippen LogP contribution in [0.2, 0.25) is 0 Å².